The van der Waals surface area contributed by atoms with E-state index in [1.54, 1.807) is 36.0 Å². The second kappa shape index (κ2) is 50.9. The van der Waals surface area contributed by atoms with Gasteiger partial charge in [0.15, 0.2) is 5.78 Å². The third kappa shape index (κ3) is 34.8. The maximum absolute atomic E-state index is 14.7. The van der Waals surface area contributed by atoms with Crippen LogP contribution in [0.25, 0.3) is 0 Å². The normalized spacial score (nSPS) is 14.5. The topological polar surface area (TPSA) is 344 Å². The minimum absolute atomic E-state index is 0.0393. The van der Waals surface area contributed by atoms with Crippen molar-refractivity contribution in [3.8, 4) is 0 Å². The van der Waals surface area contributed by atoms with E-state index in [1.165, 1.54) is 37.7 Å². The van der Waals surface area contributed by atoms with Crippen molar-refractivity contribution in [1.82, 2.24) is 53.2 Å². The Morgan fingerprint density at radius 3 is 1.13 bits per heavy atom. The second-order valence-corrected chi connectivity index (χ2v) is 29.7. The van der Waals surface area contributed by atoms with Crippen LogP contribution in [0.1, 0.15) is 135 Å². The molecule has 0 unspecified atom stereocenters. The van der Waals surface area contributed by atoms with Crippen molar-refractivity contribution >= 4 is 107 Å². The lowest BCUT2D eigenvalue weighted by Crippen LogP contribution is -2.58. The smallest absolute Gasteiger partial charge is 0.328 e. The summed E-state index contributed by atoms with van der Waals surface area (Å²) in [7, 11) is 2.40. The minimum Gasteiger partial charge on any atom is -0.468 e. The molecule has 566 valence electrons. The zero-order valence-corrected chi connectivity index (χ0v) is 63.9. The lowest BCUT2D eigenvalue weighted by Gasteiger charge is -2.27. The number of unbranched alkanes of at least 4 members (excludes halogenated alkanes) is 2. The van der Waals surface area contributed by atoms with E-state index < -0.39 is 125 Å². The quantitative estimate of drug-likeness (QED) is 0.0142. The number of hydrogen-bond acceptors (Lipinski definition) is 19. The van der Waals surface area contributed by atoms with E-state index in [1.807, 2.05) is 127 Å². The maximum atomic E-state index is 14.7. The molecule has 0 spiro atoms. The zero-order chi connectivity index (χ0) is 75.4. The molecule has 0 radical (unpaired) electrons. The van der Waals surface area contributed by atoms with Crippen molar-refractivity contribution in [3.05, 3.63) is 108 Å². The molecule has 0 aliphatic carbocycles. The van der Waals surface area contributed by atoms with Gasteiger partial charge < -0.3 is 67.4 Å². The highest BCUT2D eigenvalue weighted by Crippen LogP contribution is 2.20. The van der Waals surface area contributed by atoms with Crippen LogP contribution in [0.3, 0.4) is 0 Å². The van der Waals surface area contributed by atoms with Crippen molar-refractivity contribution < 1.29 is 67.0 Å². The Morgan fingerprint density at radius 2 is 0.725 bits per heavy atom. The van der Waals surface area contributed by atoms with E-state index >= 15 is 0 Å². The van der Waals surface area contributed by atoms with E-state index in [4.69, 9.17) is 9.47 Å². The van der Waals surface area contributed by atoms with Gasteiger partial charge in [-0.1, -0.05) is 139 Å². The first kappa shape index (κ1) is 88.9. The summed E-state index contributed by atoms with van der Waals surface area (Å²) in [4.78, 5) is 164. The molecular formula is C75H114N10O14S3. The molecule has 27 heteroatoms. The Hall–Kier alpha value is -7.33. The Labute approximate surface area is 616 Å². The third-order valence-corrected chi connectivity index (χ3v) is 18.9. The molecule has 0 saturated carbocycles. The van der Waals surface area contributed by atoms with Gasteiger partial charge in [0.1, 0.15) is 48.5 Å². The molecule has 3 rings (SSSR count). The Bertz CT molecular complexity index is 3030. The van der Waals surface area contributed by atoms with Gasteiger partial charge in [-0.15, -0.1) is 0 Å². The summed E-state index contributed by atoms with van der Waals surface area (Å²) in [6.45, 7) is 12.0. The number of rotatable bonds is 54. The fourth-order valence-corrected chi connectivity index (χ4v) is 12.9. The average molecular weight is 1480 g/mol. The largest absolute Gasteiger partial charge is 0.468 e. The number of Topliss-reactive ketones (excluding diaryl/α,β-unsaturated/α-hetero) is 1. The van der Waals surface area contributed by atoms with Crippen molar-refractivity contribution in [2.24, 2.45) is 23.7 Å². The van der Waals surface area contributed by atoms with Crippen LogP contribution in [0.2, 0.25) is 0 Å². The summed E-state index contributed by atoms with van der Waals surface area (Å²) in [6.07, 6.45) is 10.8. The molecule has 3 aromatic carbocycles. The minimum atomic E-state index is -1.26. The highest BCUT2D eigenvalue weighted by molar-refractivity contribution is 7.99. The molecule has 24 nitrogen and oxygen atoms in total. The van der Waals surface area contributed by atoms with Gasteiger partial charge in [0, 0.05) is 6.42 Å². The van der Waals surface area contributed by atoms with Gasteiger partial charge in [-0.2, -0.15) is 35.3 Å². The van der Waals surface area contributed by atoms with Crippen LogP contribution in [0.5, 0.6) is 0 Å². The molecule has 0 aliphatic heterocycles. The molecule has 0 saturated heterocycles. The number of benzene rings is 3. The van der Waals surface area contributed by atoms with Crippen LogP contribution in [-0.2, 0) is 86.3 Å². The van der Waals surface area contributed by atoms with Crippen molar-refractivity contribution in [1.29, 1.82) is 0 Å². The monoisotopic (exact) mass is 1470 g/mol. The number of ketones is 1. The predicted octanol–water partition coefficient (Wildman–Crippen LogP) is 5.61. The molecule has 102 heavy (non-hydrogen) atoms. The number of thioether (sulfide) groups is 3. The average Bonchev–Trinajstić information content (AvgIpc) is 0.860. The van der Waals surface area contributed by atoms with Gasteiger partial charge in [0.2, 0.25) is 47.8 Å². The first-order valence-electron chi connectivity index (χ1n) is 35.4. The van der Waals surface area contributed by atoms with E-state index in [0.717, 1.165) is 11.1 Å². The number of carbonyl (C=O) groups is 12. The number of hydrogen-bond donors (Lipinski definition) is 10. The van der Waals surface area contributed by atoms with Crippen LogP contribution in [0, 0.1) is 23.7 Å². The molecule has 0 aromatic heterocycles. The first-order valence-corrected chi connectivity index (χ1v) is 39.6. The molecule has 0 fully saturated rings. The van der Waals surface area contributed by atoms with Gasteiger partial charge in [-0.3, -0.25) is 47.9 Å². The fraction of sp³-hybridized carbons (Fsp3) is 0.600. The van der Waals surface area contributed by atoms with Crippen LogP contribution in [0.4, 0.5) is 0 Å². The van der Waals surface area contributed by atoms with Crippen LogP contribution < -0.4 is 53.2 Å². The van der Waals surface area contributed by atoms with E-state index in [9.17, 15) is 57.5 Å². The van der Waals surface area contributed by atoms with Crippen molar-refractivity contribution in [2.75, 3.05) is 63.3 Å². The number of aldehydes is 1. The molecule has 3 aromatic rings. The summed E-state index contributed by atoms with van der Waals surface area (Å²) in [5, 5.41) is 29.2. The van der Waals surface area contributed by atoms with Gasteiger partial charge in [-0.25, -0.2) is 4.79 Å². The predicted molar refractivity (Wildman–Crippen MR) is 404 cm³/mol. The van der Waals surface area contributed by atoms with E-state index in [-0.39, 0.29) is 69.2 Å². The van der Waals surface area contributed by atoms with Crippen molar-refractivity contribution in [2.45, 2.75) is 198 Å². The molecule has 8 amide bonds. The molecule has 0 heterocycles. The molecule has 11 atom stereocenters. The Morgan fingerprint density at radius 1 is 0.382 bits per heavy atom. The SMILES string of the molecule is COC(=O)[C@@H](CCCCN[C@@H](Cc1ccccc1)C(=O)N[C@@H](CC(C)C)C(=O)N[C@H](C=O)CCSC)C(=O)[C@H](CCSC)NC(=O)[C@H](CC(C)C)NC(=O)[C@H](Cc1ccccc1)NCCCC[C@H](NC(=O)[C@H](Cc1ccccc1)NC(=O)[C@H](CC(C)C)NC(=O)[C@H](CCSC)NC=O)C(=O)OC. The zero-order valence-electron chi connectivity index (χ0n) is 61.5. The summed E-state index contributed by atoms with van der Waals surface area (Å²) < 4.78 is 10.3. The number of ether oxygens (including phenoxy) is 2. The summed E-state index contributed by atoms with van der Waals surface area (Å²) >= 11 is 4.51. The Balaban J connectivity index is 1.79. The number of esters is 2. The number of carbonyl (C=O) groups excluding carboxylic acids is 12. The number of amides is 8. The summed E-state index contributed by atoms with van der Waals surface area (Å²) in [5.74, 6) is -5.50. The van der Waals surface area contributed by atoms with Gasteiger partial charge in [0.05, 0.1) is 38.4 Å². The van der Waals surface area contributed by atoms with E-state index in [0.29, 0.717) is 93.4 Å². The third-order valence-electron chi connectivity index (χ3n) is 17.0. The summed E-state index contributed by atoms with van der Waals surface area (Å²) in [5.41, 5.74) is 2.42. The number of methoxy groups -OCH3 is 2. The standard InChI is InChI=1S/C75H114N10O14S3/c1-49(2)41-62(70(92)79-55(47-86)33-38-100-9)83-68(90)60(44-52-25-15-12-16-26-52)76-36-23-21-31-56(74(96)98-7)66(88)57(34-39-101-10)80-71(93)63(42-50(3)4)84-69(91)61(45-53-27-17-13-18-28-53)77-37-24-22-32-59(75(97)99-8)81-73(95)65(46-54-29-19-14-20-30-54)85-72(94)64(43-51(5)6)82-67(89)58(78-48-87)35-40-102-11/h12-20,25-30,47-51,55-65,76-77H,21-24,31-46H2,1-11H3,(H,78,87)(H,79,92)(H,80,93)(H,81,95)(H,82,89)(H,83,90)(H,84,91)(H,85,94)/t55-,56-,57-,58-,59-,60-,61-,62-,63-,64-,65-/m0/s1. The second-order valence-electron chi connectivity index (χ2n) is 26.8. The molecular weight excluding hydrogens is 1360 g/mol. The van der Waals surface area contributed by atoms with E-state index in [2.05, 4.69) is 53.2 Å². The van der Waals surface area contributed by atoms with Gasteiger partial charge in [-0.05, 0) is 167 Å². The lowest BCUT2D eigenvalue weighted by molar-refractivity contribution is -0.151. The fourth-order valence-electron chi connectivity index (χ4n) is 11.5. The van der Waals surface area contributed by atoms with Gasteiger partial charge >= 0.3 is 11.9 Å². The first-order chi connectivity index (χ1) is 48.9. The summed E-state index contributed by atoms with van der Waals surface area (Å²) in [6, 6.07) is 17.9. The van der Waals surface area contributed by atoms with Crippen molar-refractivity contribution in [3.63, 3.8) is 0 Å². The molecule has 0 bridgehead atoms. The lowest BCUT2D eigenvalue weighted by atomic mass is 9.91. The van der Waals surface area contributed by atoms with Crippen LogP contribution in [0.15, 0.2) is 91.0 Å². The highest BCUT2D eigenvalue weighted by atomic mass is 32.2. The molecule has 0 aliphatic rings. The highest BCUT2D eigenvalue weighted by Gasteiger charge is 2.37. The van der Waals surface area contributed by atoms with Gasteiger partial charge in [0.25, 0.3) is 0 Å². The molecule has 10 N–H and O–H groups in total. The van der Waals surface area contributed by atoms with Crippen LogP contribution >= 0.6 is 35.3 Å². The maximum Gasteiger partial charge on any atom is 0.328 e. The van der Waals surface area contributed by atoms with Crippen LogP contribution in [-0.4, -0.2) is 196 Å². The Kier molecular flexibility index (Phi) is 44.4. The number of nitrogens with one attached hydrogen (secondary N) is 10.